The average Bonchev–Trinajstić information content (AvgIpc) is 2.88. The highest BCUT2D eigenvalue weighted by Crippen LogP contribution is 2.22. The van der Waals surface area contributed by atoms with Crippen LogP contribution in [0.4, 0.5) is 4.39 Å². The quantitative estimate of drug-likeness (QED) is 0.883. The van der Waals surface area contributed by atoms with Crippen molar-refractivity contribution in [3.05, 3.63) is 47.5 Å². The maximum atomic E-state index is 13.6. The number of nitrogens with zero attached hydrogens (tertiary/aromatic N) is 2. The van der Waals surface area contributed by atoms with Crippen molar-refractivity contribution in [2.24, 2.45) is 0 Å². The normalized spacial score (nSPS) is 12.4. The number of hydrogen-bond acceptors (Lipinski definition) is 3. The van der Waals surface area contributed by atoms with E-state index in [9.17, 15) is 9.50 Å². The van der Waals surface area contributed by atoms with Crippen molar-refractivity contribution in [2.75, 3.05) is 7.11 Å². The number of methoxy groups -OCH3 is 1. The van der Waals surface area contributed by atoms with E-state index in [0.717, 1.165) is 24.2 Å². The van der Waals surface area contributed by atoms with Gasteiger partial charge in [0.05, 0.1) is 18.9 Å². The molecule has 1 unspecified atom stereocenters. The van der Waals surface area contributed by atoms with Crippen molar-refractivity contribution in [1.29, 1.82) is 0 Å². The lowest BCUT2D eigenvalue weighted by Crippen LogP contribution is -2.11. The Balaban J connectivity index is 2.12. The molecule has 1 N–H and O–H groups in total. The van der Waals surface area contributed by atoms with Gasteiger partial charge in [0.15, 0.2) is 11.6 Å². The molecule has 0 spiro atoms. The predicted molar refractivity (Wildman–Crippen MR) is 74.1 cm³/mol. The molecule has 2 rings (SSSR count). The van der Waals surface area contributed by atoms with Crippen molar-refractivity contribution < 1.29 is 14.2 Å². The van der Waals surface area contributed by atoms with Crippen LogP contribution in [0.2, 0.25) is 0 Å². The Morgan fingerprint density at radius 2 is 2.20 bits per heavy atom. The number of aromatic nitrogens is 2. The van der Waals surface area contributed by atoms with Gasteiger partial charge >= 0.3 is 0 Å². The van der Waals surface area contributed by atoms with Crippen LogP contribution < -0.4 is 4.74 Å². The zero-order valence-electron chi connectivity index (χ0n) is 11.7. The zero-order valence-corrected chi connectivity index (χ0v) is 11.7. The van der Waals surface area contributed by atoms with Crippen molar-refractivity contribution >= 4 is 0 Å². The molecule has 0 aliphatic heterocycles. The van der Waals surface area contributed by atoms with Crippen LogP contribution in [0.3, 0.4) is 0 Å². The molecule has 0 saturated carbocycles. The van der Waals surface area contributed by atoms with Gasteiger partial charge in [-0.2, -0.15) is 5.10 Å². The van der Waals surface area contributed by atoms with Gasteiger partial charge in [-0.15, -0.1) is 0 Å². The molecule has 0 fully saturated rings. The second-order valence-electron chi connectivity index (χ2n) is 4.67. The first-order valence-corrected chi connectivity index (χ1v) is 6.68. The number of aliphatic hydroxyl groups excluding tert-OH is 1. The Morgan fingerprint density at radius 1 is 1.40 bits per heavy atom. The minimum atomic E-state index is -0.697. The maximum Gasteiger partial charge on any atom is 0.165 e. The lowest BCUT2D eigenvalue weighted by atomic mass is 10.1. The highest BCUT2D eigenvalue weighted by molar-refractivity contribution is 5.30. The second kappa shape index (κ2) is 6.52. The molecule has 0 aliphatic rings. The molecule has 1 aromatic carbocycles. The summed E-state index contributed by atoms with van der Waals surface area (Å²) in [5.74, 6) is -0.210. The number of halogens is 1. The van der Waals surface area contributed by atoms with Crippen LogP contribution in [-0.2, 0) is 13.0 Å². The monoisotopic (exact) mass is 278 g/mol. The topological polar surface area (TPSA) is 47.3 Å². The summed E-state index contributed by atoms with van der Waals surface area (Å²) in [4.78, 5) is 0. The van der Waals surface area contributed by atoms with Gasteiger partial charge in [0.2, 0.25) is 0 Å². The summed E-state index contributed by atoms with van der Waals surface area (Å²) in [5, 5.41) is 14.4. The molecule has 0 radical (unpaired) electrons. The number of aliphatic hydroxyl groups is 1. The van der Waals surface area contributed by atoms with Crippen LogP contribution in [0.1, 0.15) is 30.7 Å². The molecule has 2 aromatic rings. The third-order valence-electron chi connectivity index (χ3n) is 3.17. The summed E-state index contributed by atoms with van der Waals surface area (Å²) in [6, 6.07) is 6.51. The van der Waals surface area contributed by atoms with Gasteiger partial charge in [-0.05, 0) is 30.2 Å². The summed E-state index contributed by atoms with van der Waals surface area (Å²) >= 11 is 0. The average molecular weight is 278 g/mol. The lowest BCUT2D eigenvalue weighted by molar-refractivity contribution is 0.166. The summed E-state index contributed by atoms with van der Waals surface area (Å²) in [7, 11) is 1.43. The molecule has 5 heteroatoms. The Bertz CT molecular complexity index is 569. The molecule has 1 heterocycles. The van der Waals surface area contributed by atoms with Gasteiger partial charge in [0.25, 0.3) is 0 Å². The van der Waals surface area contributed by atoms with Crippen molar-refractivity contribution in [1.82, 2.24) is 9.78 Å². The zero-order chi connectivity index (χ0) is 14.5. The van der Waals surface area contributed by atoms with Crippen LogP contribution in [0, 0.1) is 5.82 Å². The van der Waals surface area contributed by atoms with Crippen LogP contribution in [0.25, 0.3) is 0 Å². The predicted octanol–water partition coefficient (Wildman–Crippen LogP) is 2.72. The standard InChI is InChI=1S/C15H19FN2O2/c1-3-8-18-13(6-7-17-18)14(19)10-11-4-5-15(20-2)12(16)9-11/h4-7,9,14,19H,3,8,10H2,1-2H3. The smallest absolute Gasteiger partial charge is 0.165 e. The summed E-state index contributed by atoms with van der Waals surface area (Å²) in [5.41, 5.74) is 1.48. The Kier molecular flexibility index (Phi) is 4.74. The van der Waals surface area contributed by atoms with Gasteiger partial charge in [-0.3, -0.25) is 4.68 Å². The fourth-order valence-corrected chi connectivity index (χ4v) is 2.19. The highest BCUT2D eigenvalue weighted by Gasteiger charge is 2.14. The second-order valence-corrected chi connectivity index (χ2v) is 4.67. The van der Waals surface area contributed by atoms with E-state index in [1.54, 1.807) is 29.1 Å². The molecular formula is C15H19FN2O2. The number of rotatable bonds is 6. The first-order chi connectivity index (χ1) is 9.65. The molecule has 0 aliphatic carbocycles. The number of hydrogen-bond donors (Lipinski definition) is 1. The third-order valence-corrected chi connectivity index (χ3v) is 3.17. The minimum Gasteiger partial charge on any atom is -0.494 e. The fourth-order valence-electron chi connectivity index (χ4n) is 2.19. The van der Waals surface area contributed by atoms with E-state index in [0.29, 0.717) is 6.42 Å². The first kappa shape index (κ1) is 14.5. The number of aryl methyl sites for hydroxylation is 1. The fraction of sp³-hybridized carbons (Fsp3) is 0.400. The number of benzene rings is 1. The lowest BCUT2D eigenvalue weighted by Gasteiger charge is -2.13. The van der Waals surface area contributed by atoms with Gasteiger partial charge in [0.1, 0.15) is 0 Å². The van der Waals surface area contributed by atoms with E-state index in [1.165, 1.54) is 13.2 Å². The van der Waals surface area contributed by atoms with Crippen molar-refractivity contribution in [3.63, 3.8) is 0 Å². The Hall–Kier alpha value is -1.88. The largest absolute Gasteiger partial charge is 0.494 e. The first-order valence-electron chi connectivity index (χ1n) is 6.68. The minimum absolute atomic E-state index is 0.208. The summed E-state index contributed by atoms with van der Waals surface area (Å²) in [6.07, 6.45) is 2.26. The molecule has 0 bridgehead atoms. The van der Waals surface area contributed by atoms with Gasteiger partial charge in [-0.1, -0.05) is 13.0 Å². The van der Waals surface area contributed by atoms with E-state index in [1.807, 2.05) is 0 Å². The molecule has 108 valence electrons. The van der Waals surface area contributed by atoms with E-state index in [-0.39, 0.29) is 5.75 Å². The van der Waals surface area contributed by atoms with Crippen LogP contribution >= 0.6 is 0 Å². The van der Waals surface area contributed by atoms with Gasteiger partial charge in [0, 0.05) is 19.2 Å². The van der Waals surface area contributed by atoms with Crippen LogP contribution in [-0.4, -0.2) is 22.0 Å². The summed E-state index contributed by atoms with van der Waals surface area (Å²) < 4.78 is 20.3. The van der Waals surface area contributed by atoms with E-state index >= 15 is 0 Å². The SMILES string of the molecule is CCCn1nccc1C(O)Cc1ccc(OC)c(F)c1. The van der Waals surface area contributed by atoms with Crippen molar-refractivity contribution in [2.45, 2.75) is 32.4 Å². The molecule has 1 atom stereocenters. The third kappa shape index (κ3) is 3.17. The molecule has 4 nitrogen and oxygen atoms in total. The Morgan fingerprint density at radius 3 is 2.85 bits per heavy atom. The Labute approximate surface area is 117 Å². The van der Waals surface area contributed by atoms with Gasteiger partial charge in [-0.25, -0.2) is 4.39 Å². The molecule has 20 heavy (non-hydrogen) atoms. The van der Waals surface area contributed by atoms with Crippen LogP contribution in [0.5, 0.6) is 5.75 Å². The van der Waals surface area contributed by atoms with E-state index in [4.69, 9.17) is 4.74 Å². The molecule has 0 amide bonds. The van der Waals surface area contributed by atoms with Gasteiger partial charge < -0.3 is 9.84 Å². The van der Waals surface area contributed by atoms with Crippen molar-refractivity contribution in [3.8, 4) is 5.75 Å². The molecule has 0 saturated heterocycles. The van der Waals surface area contributed by atoms with E-state index in [2.05, 4.69) is 12.0 Å². The summed E-state index contributed by atoms with van der Waals surface area (Å²) in [6.45, 7) is 2.81. The molecular weight excluding hydrogens is 259 g/mol. The van der Waals surface area contributed by atoms with Crippen LogP contribution in [0.15, 0.2) is 30.5 Å². The maximum absolute atomic E-state index is 13.6. The number of ether oxygens (including phenoxy) is 1. The highest BCUT2D eigenvalue weighted by atomic mass is 19.1. The van der Waals surface area contributed by atoms with E-state index < -0.39 is 11.9 Å². The molecule has 1 aromatic heterocycles.